The summed E-state index contributed by atoms with van der Waals surface area (Å²) in [6.45, 7) is 2.72. The Morgan fingerprint density at radius 3 is 1.77 bits per heavy atom. The molecular weight excluding hydrogens is 502 g/mol. The minimum Gasteiger partial charge on any atom is -0.475 e. The first-order valence-electron chi connectivity index (χ1n) is 13.3. The van der Waals surface area contributed by atoms with Crippen LogP contribution < -0.4 is 4.90 Å². The lowest BCUT2D eigenvalue weighted by atomic mass is 9.77. The minimum atomic E-state index is -1.14. The van der Waals surface area contributed by atoms with Crippen LogP contribution in [0.25, 0.3) is 21.9 Å². The predicted molar refractivity (Wildman–Crippen MR) is 154 cm³/mol. The van der Waals surface area contributed by atoms with Gasteiger partial charge in [0.05, 0.1) is 29.8 Å². The second-order valence-corrected chi connectivity index (χ2v) is 9.91. The number of carboxylic acid groups (broad SMARTS) is 1. The van der Waals surface area contributed by atoms with E-state index in [9.17, 15) is 9.90 Å². The summed E-state index contributed by atoms with van der Waals surface area (Å²) in [4.78, 5) is 22.7. The van der Waals surface area contributed by atoms with Crippen LogP contribution in [0.5, 0.6) is 0 Å². The maximum absolute atomic E-state index is 11.7. The monoisotopic (exact) mass is 529 g/mol. The molecule has 198 valence electrons. The Bertz CT molecular complexity index is 1710. The Morgan fingerprint density at radius 1 is 0.775 bits per heavy atom. The fourth-order valence-electron chi connectivity index (χ4n) is 5.91. The van der Waals surface area contributed by atoms with Gasteiger partial charge >= 0.3 is 5.97 Å². The summed E-state index contributed by atoms with van der Waals surface area (Å²) in [6, 6.07) is 35.2. The van der Waals surface area contributed by atoms with Crippen LogP contribution in [0.3, 0.4) is 0 Å². The Balaban J connectivity index is 1.63. The van der Waals surface area contributed by atoms with Crippen LogP contribution in [-0.2, 0) is 10.3 Å². The van der Waals surface area contributed by atoms with E-state index in [2.05, 4.69) is 97.4 Å². The second-order valence-electron chi connectivity index (χ2n) is 9.91. The number of hydrogen-bond donors (Lipinski definition) is 2. The molecule has 3 heterocycles. The van der Waals surface area contributed by atoms with E-state index in [-0.39, 0.29) is 5.82 Å². The summed E-state index contributed by atoms with van der Waals surface area (Å²) in [6.07, 6.45) is 0. The molecule has 4 aromatic carbocycles. The number of hydrogen-bond acceptors (Lipinski definition) is 5. The van der Waals surface area contributed by atoms with E-state index in [0.717, 1.165) is 46.5 Å². The zero-order valence-electron chi connectivity index (χ0n) is 21.7. The Morgan fingerprint density at radius 2 is 1.27 bits per heavy atom. The number of ether oxygens (including phenoxy) is 1. The van der Waals surface area contributed by atoms with Gasteiger partial charge in [0.15, 0.2) is 0 Å². The fourth-order valence-corrected chi connectivity index (χ4v) is 5.91. The maximum atomic E-state index is 11.7. The highest BCUT2D eigenvalue weighted by atomic mass is 16.5. The smallest absolute Gasteiger partial charge is 0.373 e. The lowest BCUT2D eigenvalue weighted by Gasteiger charge is -2.38. The van der Waals surface area contributed by atoms with Crippen molar-refractivity contribution in [3.63, 3.8) is 0 Å². The number of aromatic amines is 1. The van der Waals surface area contributed by atoms with Crippen LogP contribution in [0.2, 0.25) is 0 Å². The number of rotatable bonds is 6. The summed E-state index contributed by atoms with van der Waals surface area (Å²) in [7, 11) is 0. The molecule has 0 aliphatic carbocycles. The lowest BCUT2D eigenvalue weighted by molar-refractivity contribution is 0.0685. The Hall–Kier alpha value is -4.95. The van der Waals surface area contributed by atoms with Crippen molar-refractivity contribution in [1.29, 1.82) is 0 Å². The van der Waals surface area contributed by atoms with E-state index >= 15 is 0 Å². The van der Waals surface area contributed by atoms with Gasteiger partial charge in [-0.2, -0.15) is 0 Å². The standard InChI is InChI=1S/C32H27N5O3/c38-31(39)29-33-26-20-25-28(21-27(26)34-29)37(35-30(25)36-16-18-40-19-17-36)32(22-10-4-1-5-11-22,23-12-6-2-7-13-23)24-14-8-3-9-15-24/h1-15,20-21,35H,16-19H2,(H,38,39). The zero-order valence-corrected chi connectivity index (χ0v) is 21.7. The number of nitrogens with one attached hydrogen (secondary N) is 1. The molecule has 0 saturated carbocycles. The molecule has 0 unspecified atom stereocenters. The molecular formula is C32H27N5O3. The van der Waals surface area contributed by atoms with Crippen LogP contribution in [0.1, 0.15) is 27.3 Å². The molecule has 1 aliphatic heterocycles. The van der Waals surface area contributed by atoms with E-state index in [1.807, 2.05) is 30.3 Å². The molecule has 8 heteroatoms. The third-order valence-corrected chi connectivity index (χ3v) is 7.69. The number of aromatic nitrogens is 4. The first kappa shape index (κ1) is 24.1. The van der Waals surface area contributed by atoms with E-state index in [0.29, 0.717) is 24.2 Å². The Labute approximate surface area is 230 Å². The lowest BCUT2D eigenvalue weighted by Crippen LogP contribution is -2.40. The zero-order chi connectivity index (χ0) is 27.1. The van der Waals surface area contributed by atoms with Gasteiger partial charge < -0.3 is 14.7 Å². The SMILES string of the molecule is O=C(O)c1nc2cc3c(N4CCOCC4)[nH]n(C(c4ccccc4)(c4ccccc4)c4ccccc4)c3cc2n1. The topological polar surface area (TPSA) is 96.3 Å². The van der Waals surface area contributed by atoms with Crippen molar-refractivity contribution < 1.29 is 14.6 Å². The summed E-state index contributed by atoms with van der Waals surface area (Å²) in [5.74, 6) is -0.408. The van der Waals surface area contributed by atoms with E-state index in [1.165, 1.54) is 0 Å². The number of fused-ring (bicyclic) bond motifs is 2. The largest absolute Gasteiger partial charge is 0.475 e. The van der Waals surface area contributed by atoms with Crippen molar-refractivity contribution in [1.82, 2.24) is 19.7 Å². The second kappa shape index (κ2) is 9.66. The third kappa shape index (κ3) is 3.76. The summed E-state index contributed by atoms with van der Waals surface area (Å²) >= 11 is 0. The molecule has 7 rings (SSSR count). The number of carbonyl (C=O) groups is 1. The highest BCUT2D eigenvalue weighted by Gasteiger charge is 2.41. The molecule has 2 N–H and O–H groups in total. The third-order valence-electron chi connectivity index (χ3n) is 7.69. The van der Waals surface area contributed by atoms with Gasteiger partial charge in [-0.25, -0.2) is 14.8 Å². The molecule has 0 bridgehead atoms. The molecule has 0 radical (unpaired) electrons. The van der Waals surface area contributed by atoms with Crippen molar-refractivity contribution in [2.45, 2.75) is 5.54 Å². The fraction of sp³-hybridized carbons (Fsp3) is 0.156. The number of imidazole rings is 1. The minimum absolute atomic E-state index is 0.202. The first-order chi connectivity index (χ1) is 19.7. The number of morpholine rings is 1. The van der Waals surface area contributed by atoms with Crippen molar-refractivity contribution in [2.75, 3.05) is 31.2 Å². The number of nitrogens with zero attached hydrogens (tertiary/aromatic N) is 4. The predicted octanol–water partition coefficient (Wildman–Crippen LogP) is 5.29. The van der Waals surface area contributed by atoms with Gasteiger partial charge in [-0.1, -0.05) is 91.0 Å². The molecule has 1 aliphatic rings. The van der Waals surface area contributed by atoms with Crippen molar-refractivity contribution in [3.05, 3.63) is 126 Å². The van der Waals surface area contributed by atoms with E-state index < -0.39 is 11.5 Å². The number of anilines is 1. The van der Waals surface area contributed by atoms with Crippen LogP contribution in [0, 0.1) is 0 Å². The highest BCUT2D eigenvalue weighted by Crippen LogP contribution is 2.44. The molecule has 0 spiro atoms. The molecule has 6 aromatic rings. The molecule has 0 atom stereocenters. The van der Waals surface area contributed by atoms with Crippen LogP contribution in [-0.4, -0.2) is 57.1 Å². The summed E-state index contributed by atoms with van der Waals surface area (Å²) < 4.78 is 7.88. The van der Waals surface area contributed by atoms with Gasteiger partial charge in [0, 0.05) is 18.5 Å². The normalized spacial score (nSPS) is 14.2. The van der Waals surface area contributed by atoms with E-state index in [1.54, 1.807) is 0 Å². The van der Waals surface area contributed by atoms with Gasteiger partial charge in [0.25, 0.3) is 0 Å². The van der Waals surface area contributed by atoms with Crippen LogP contribution in [0.4, 0.5) is 5.82 Å². The van der Waals surface area contributed by atoms with Crippen LogP contribution in [0.15, 0.2) is 103 Å². The molecule has 8 nitrogen and oxygen atoms in total. The van der Waals surface area contributed by atoms with Crippen LogP contribution >= 0.6 is 0 Å². The summed E-state index contributed by atoms with van der Waals surface area (Å²) in [5, 5.41) is 14.4. The average Bonchev–Trinajstić information content (AvgIpc) is 3.60. The van der Waals surface area contributed by atoms with Gasteiger partial charge in [0.1, 0.15) is 11.4 Å². The molecule has 0 amide bonds. The number of aromatic carboxylic acids is 1. The van der Waals surface area contributed by atoms with Crippen molar-refractivity contribution >= 4 is 33.7 Å². The number of benzene rings is 4. The Kier molecular flexibility index (Phi) is 5.82. The number of H-pyrrole nitrogens is 1. The van der Waals surface area contributed by atoms with Gasteiger partial charge in [0.2, 0.25) is 5.82 Å². The first-order valence-corrected chi connectivity index (χ1v) is 13.3. The number of carboxylic acids is 1. The molecule has 2 aromatic heterocycles. The maximum Gasteiger partial charge on any atom is 0.373 e. The van der Waals surface area contributed by atoms with Gasteiger partial charge in [-0.05, 0) is 28.8 Å². The molecule has 1 fully saturated rings. The van der Waals surface area contributed by atoms with Crippen molar-refractivity contribution in [3.8, 4) is 0 Å². The molecule has 1 saturated heterocycles. The quantitative estimate of drug-likeness (QED) is 0.285. The van der Waals surface area contributed by atoms with Gasteiger partial charge in [-0.3, -0.25) is 9.78 Å². The van der Waals surface area contributed by atoms with Gasteiger partial charge in [-0.15, -0.1) is 0 Å². The average molecular weight is 530 g/mol. The highest BCUT2D eigenvalue weighted by molar-refractivity contribution is 6.01. The summed E-state index contributed by atoms with van der Waals surface area (Å²) in [5.41, 5.74) is 4.43. The van der Waals surface area contributed by atoms with E-state index in [4.69, 9.17) is 4.74 Å². The molecule has 40 heavy (non-hydrogen) atoms. The van der Waals surface area contributed by atoms with Crippen molar-refractivity contribution in [2.24, 2.45) is 0 Å².